The highest BCUT2D eigenvalue weighted by Gasteiger charge is 2.40. The number of imide groups is 1. The quantitative estimate of drug-likeness (QED) is 0.388. The Balaban J connectivity index is 1.64. The van der Waals surface area contributed by atoms with Gasteiger partial charge in [0.25, 0.3) is 11.8 Å². The number of halogens is 3. The van der Waals surface area contributed by atoms with Gasteiger partial charge in [0.05, 0.1) is 5.56 Å². The third kappa shape index (κ3) is 6.51. The number of nitrogens with zero attached hydrogens (tertiary/aromatic N) is 1. The van der Waals surface area contributed by atoms with Crippen LogP contribution in [-0.2, 0) is 16.1 Å². The molecule has 2 N–H and O–H groups in total. The monoisotopic (exact) mass is 519 g/mol. The first kappa shape index (κ1) is 27.4. The van der Waals surface area contributed by atoms with Crippen molar-refractivity contribution in [3.63, 3.8) is 0 Å². The molecule has 37 heavy (non-hydrogen) atoms. The van der Waals surface area contributed by atoms with Gasteiger partial charge in [-0.25, -0.2) is 4.39 Å². The number of ether oxygens (including phenoxy) is 1. The Hall–Kier alpha value is -4.22. The lowest BCUT2D eigenvalue weighted by Crippen LogP contribution is -2.53. The topological polar surface area (TPSA) is 122 Å². The predicted octanol–water partition coefficient (Wildman–Crippen LogP) is 2.64. The fourth-order valence-corrected chi connectivity index (χ4v) is 3.59. The summed E-state index contributed by atoms with van der Waals surface area (Å²) in [6.45, 7) is 0.643. The zero-order valence-corrected chi connectivity index (χ0v) is 19.9. The maximum Gasteiger partial charge on any atom is 0.429 e. The van der Waals surface area contributed by atoms with Crippen LogP contribution in [0, 0.1) is 0 Å². The number of hydrogen-bond donors (Lipinski definition) is 2. The third-order valence-corrected chi connectivity index (χ3v) is 5.76. The van der Waals surface area contributed by atoms with E-state index in [1.807, 2.05) is 0 Å². The number of nitrogens with one attached hydrogen (secondary N) is 2. The molecule has 2 unspecified atom stereocenters. The van der Waals surface area contributed by atoms with Gasteiger partial charge >= 0.3 is 6.11 Å². The van der Waals surface area contributed by atoms with Crippen LogP contribution in [0.2, 0.25) is 0 Å². The van der Waals surface area contributed by atoms with E-state index in [9.17, 15) is 37.1 Å². The second kappa shape index (κ2) is 11.2. The van der Waals surface area contributed by atoms with Crippen molar-refractivity contribution in [3.8, 4) is 5.75 Å². The second-order valence-electron chi connectivity index (χ2n) is 8.41. The first-order chi connectivity index (χ1) is 17.4. The molecule has 2 aromatic rings. The van der Waals surface area contributed by atoms with Gasteiger partial charge in [0.1, 0.15) is 11.8 Å². The maximum absolute atomic E-state index is 13.4. The number of likely N-dealkylation sites (N-methyl/N-ethyl adjacent to an activating group) is 1. The van der Waals surface area contributed by atoms with Gasteiger partial charge < -0.3 is 15.0 Å². The average Bonchev–Trinajstić information content (AvgIpc) is 2.86. The lowest BCUT2D eigenvalue weighted by atomic mass is 10.0. The molecule has 1 saturated heterocycles. The highest BCUT2D eigenvalue weighted by atomic mass is 19.3. The molecule has 12 heteroatoms. The van der Waals surface area contributed by atoms with E-state index in [1.54, 1.807) is 0 Å². The fraction of sp³-hybridized carbons (Fsp3) is 0.320. The summed E-state index contributed by atoms with van der Waals surface area (Å²) in [5, 5.41) is 4.78. The number of hydrogen-bond acceptors (Lipinski definition) is 6. The molecule has 1 fully saturated rings. The SMILES string of the molecule is CC(F)C(F)(F)Oc1ccc(C(=O)NCc2ccc(C(=O)N(C)C3CCC(=O)NC3=O)c(C=O)c2)cc1. The van der Waals surface area contributed by atoms with Crippen LogP contribution in [0.1, 0.15) is 56.4 Å². The molecule has 9 nitrogen and oxygen atoms in total. The summed E-state index contributed by atoms with van der Waals surface area (Å²) in [7, 11) is 1.40. The van der Waals surface area contributed by atoms with Crippen LogP contribution < -0.4 is 15.4 Å². The summed E-state index contributed by atoms with van der Waals surface area (Å²) < 4.78 is 43.9. The van der Waals surface area contributed by atoms with E-state index in [0.717, 1.165) is 12.1 Å². The Morgan fingerprint density at radius 3 is 2.49 bits per heavy atom. The zero-order chi connectivity index (χ0) is 27.3. The van der Waals surface area contributed by atoms with Crippen LogP contribution >= 0.6 is 0 Å². The number of rotatable bonds is 9. The second-order valence-corrected chi connectivity index (χ2v) is 8.41. The van der Waals surface area contributed by atoms with Crippen LogP contribution in [-0.4, -0.2) is 60.2 Å². The first-order valence-corrected chi connectivity index (χ1v) is 11.2. The molecule has 0 aromatic heterocycles. The molecule has 4 amide bonds. The molecule has 0 spiro atoms. The van der Waals surface area contributed by atoms with Gasteiger partial charge in [-0.15, -0.1) is 0 Å². The van der Waals surface area contributed by atoms with E-state index in [1.165, 1.54) is 42.3 Å². The van der Waals surface area contributed by atoms with Gasteiger partial charge in [-0.2, -0.15) is 8.78 Å². The highest BCUT2D eigenvalue weighted by molar-refractivity contribution is 6.06. The molecular formula is C25H24F3N3O6. The van der Waals surface area contributed by atoms with E-state index in [4.69, 9.17) is 0 Å². The lowest BCUT2D eigenvalue weighted by molar-refractivity contribution is -0.215. The Bertz CT molecular complexity index is 1220. The smallest absolute Gasteiger partial charge is 0.429 e. The number of benzene rings is 2. The van der Waals surface area contributed by atoms with Gasteiger partial charge in [-0.1, -0.05) is 6.07 Å². The van der Waals surface area contributed by atoms with Crippen LogP contribution in [0.5, 0.6) is 5.75 Å². The normalized spacial score (nSPS) is 16.4. The largest absolute Gasteiger partial charge is 0.430 e. The maximum atomic E-state index is 13.4. The van der Waals surface area contributed by atoms with Gasteiger partial charge in [0.15, 0.2) is 6.29 Å². The molecule has 1 heterocycles. The fourth-order valence-electron chi connectivity index (χ4n) is 3.59. The first-order valence-electron chi connectivity index (χ1n) is 11.2. The van der Waals surface area contributed by atoms with E-state index >= 15 is 0 Å². The third-order valence-electron chi connectivity index (χ3n) is 5.76. The Kier molecular flexibility index (Phi) is 8.31. The summed E-state index contributed by atoms with van der Waals surface area (Å²) in [6.07, 6.45) is -5.80. The molecule has 0 saturated carbocycles. The predicted molar refractivity (Wildman–Crippen MR) is 124 cm³/mol. The standard InChI is InChI=1S/C25H24F3N3O6/c1-14(26)25(27,28)37-18-6-4-16(5-7-18)22(34)29-12-15-3-8-19(17(11-15)13-32)24(36)31(2)20-9-10-21(33)30-23(20)35/h3-8,11,13-14,20H,9-10,12H2,1-2H3,(H,29,34)(H,30,33,35). The van der Waals surface area contributed by atoms with Crippen LogP contribution in [0.4, 0.5) is 13.2 Å². The van der Waals surface area contributed by atoms with Gasteiger partial charge in [-0.05, 0) is 55.3 Å². The molecule has 1 aliphatic heterocycles. The zero-order valence-electron chi connectivity index (χ0n) is 19.9. The van der Waals surface area contributed by atoms with Crippen molar-refractivity contribution in [2.75, 3.05) is 7.05 Å². The summed E-state index contributed by atoms with van der Waals surface area (Å²) in [5.41, 5.74) is 0.706. The number of alkyl halides is 3. The Labute approximate surface area is 210 Å². The number of amides is 4. The van der Waals surface area contributed by atoms with Crippen LogP contribution in [0.15, 0.2) is 42.5 Å². The van der Waals surface area contributed by atoms with Crippen molar-refractivity contribution >= 4 is 29.9 Å². The van der Waals surface area contributed by atoms with Crippen LogP contribution in [0.3, 0.4) is 0 Å². The molecule has 0 radical (unpaired) electrons. The average molecular weight is 519 g/mol. The summed E-state index contributed by atoms with van der Waals surface area (Å²) in [4.78, 5) is 61.6. The molecule has 3 rings (SSSR count). The minimum Gasteiger partial charge on any atom is -0.430 e. The molecule has 2 aromatic carbocycles. The highest BCUT2D eigenvalue weighted by Crippen LogP contribution is 2.26. The summed E-state index contributed by atoms with van der Waals surface area (Å²) in [5.74, 6) is -2.46. The van der Waals surface area contributed by atoms with Gasteiger partial charge in [-0.3, -0.25) is 29.3 Å². The minimum absolute atomic E-state index is 0.0210. The van der Waals surface area contributed by atoms with Crippen molar-refractivity contribution in [3.05, 3.63) is 64.7 Å². The number of carbonyl (C=O) groups is 5. The van der Waals surface area contributed by atoms with E-state index in [2.05, 4.69) is 15.4 Å². The Morgan fingerprint density at radius 2 is 1.89 bits per heavy atom. The molecule has 0 bridgehead atoms. The number of piperidine rings is 1. The summed E-state index contributed by atoms with van der Waals surface area (Å²) in [6, 6.07) is 8.15. The summed E-state index contributed by atoms with van der Waals surface area (Å²) >= 11 is 0. The van der Waals surface area contributed by atoms with Crippen molar-refractivity contribution < 1.29 is 41.9 Å². The van der Waals surface area contributed by atoms with Crippen molar-refractivity contribution in [2.24, 2.45) is 0 Å². The number of aldehydes is 1. The minimum atomic E-state index is -4.01. The van der Waals surface area contributed by atoms with Gasteiger partial charge in [0, 0.05) is 31.1 Å². The molecule has 1 aliphatic rings. The van der Waals surface area contributed by atoms with Crippen molar-refractivity contribution in [1.29, 1.82) is 0 Å². The van der Waals surface area contributed by atoms with E-state index in [0.29, 0.717) is 18.8 Å². The molecule has 2 atom stereocenters. The van der Waals surface area contributed by atoms with Crippen LogP contribution in [0.25, 0.3) is 0 Å². The Morgan fingerprint density at radius 1 is 1.22 bits per heavy atom. The van der Waals surface area contributed by atoms with Crippen molar-refractivity contribution in [2.45, 2.75) is 44.6 Å². The van der Waals surface area contributed by atoms with Gasteiger partial charge in [0.2, 0.25) is 18.0 Å². The number of carbonyl (C=O) groups excluding carboxylic acids is 5. The van der Waals surface area contributed by atoms with E-state index < -0.39 is 42.0 Å². The van der Waals surface area contributed by atoms with E-state index in [-0.39, 0.29) is 41.8 Å². The molecular weight excluding hydrogens is 495 g/mol. The van der Waals surface area contributed by atoms with Crippen molar-refractivity contribution in [1.82, 2.24) is 15.5 Å². The molecule has 0 aliphatic carbocycles. The molecule has 196 valence electrons. The lowest BCUT2D eigenvalue weighted by Gasteiger charge is -2.30.